The Labute approximate surface area is 142 Å². The Balaban J connectivity index is 1.56. The van der Waals surface area contributed by atoms with Crippen molar-refractivity contribution in [3.05, 3.63) is 30.6 Å². The molecule has 0 aliphatic carbocycles. The molecule has 2 aromatic rings. The number of piperazine rings is 1. The molecule has 0 unspecified atom stereocenters. The number of hydrogen-bond acceptors (Lipinski definition) is 8. The van der Waals surface area contributed by atoms with Gasteiger partial charge in [0, 0.05) is 45.5 Å². The van der Waals surface area contributed by atoms with E-state index in [2.05, 4.69) is 46.2 Å². The molecule has 1 N–H and O–H groups in total. The number of pyridine rings is 1. The number of nitrogens with one attached hydrogen (secondary N) is 1. The lowest BCUT2D eigenvalue weighted by Gasteiger charge is -2.35. The Morgan fingerprint density at radius 3 is 2.50 bits per heavy atom. The molecule has 1 aliphatic rings. The molecule has 0 bridgehead atoms. The first-order valence-corrected chi connectivity index (χ1v) is 8.21. The summed E-state index contributed by atoms with van der Waals surface area (Å²) in [4.78, 5) is 15.6. The zero-order valence-electron chi connectivity index (χ0n) is 14.3. The first-order valence-electron chi connectivity index (χ1n) is 8.21. The summed E-state index contributed by atoms with van der Waals surface area (Å²) in [5.74, 6) is 2.49. The highest BCUT2D eigenvalue weighted by atomic mass is 15.3. The summed E-state index contributed by atoms with van der Waals surface area (Å²) in [5.41, 5.74) is 0. The van der Waals surface area contributed by atoms with E-state index >= 15 is 0 Å². The summed E-state index contributed by atoms with van der Waals surface area (Å²) in [7, 11) is 4.08. The Bertz CT molecular complexity index is 625. The molecule has 1 aliphatic heterocycles. The van der Waals surface area contributed by atoms with Gasteiger partial charge in [0.05, 0.1) is 6.20 Å². The van der Waals surface area contributed by atoms with Crippen LogP contribution in [0.2, 0.25) is 0 Å². The highest BCUT2D eigenvalue weighted by Crippen LogP contribution is 2.17. The average molecular weight is 328 g/mol. The van der Waals surface area contributed by atoms with E-state index in [-0.39, 0.29) is 0 Å². The Kier molecular flexibility index (Phi) is 5.37. The topological polar surface area (TPSA) is 73.3 Å². The van der Waals surface area contributed by atoms with Crippen molar-refractivity contribution >= 4 is 17.6 Å². The fraction of sp³-hybridized carbons (Fsp3) is 0.500. The molecule has 3 heterocycles. The molecule has 0 radical (unpaired) electrons. The van der Waals surface area contributed by atoms with Gasteiger partial charge in [-0.15, -0.1) is 5.10 Å². The van der Waals surface area contributed by atoms with Crippen LogP contribution in [0.1, 0.15) is 0 Å². The van der Waals surface area contributed by atoms with Crippen LogP contribution in [0.5, 0.6) is 0 Å². The van der Waals surface area contributed by atoms with Gasteiger partial charge >= 0.3 is 0 Å². The molecule has 1 fully saturated rings. The average Bonchev–Trinajstić information content (AvgIpc) is 2.63. The molecule has 1 saturated heterocycles. The predicted molar refractivity (Wildman–Crippen MR) is 95.5 cm³/mol. The molecule has 0 aromatic carbocycles. The number of rotatable bonds is 6. The molecular formula is C16H24N8. The van der Waals surface area contributed by atoms with Crippen LogP contribution in [0.25, 0.3) is 0 Å². The summed E-state index contributed by atoms with van der Waals surface area (Å²) in [6, 6.07) is 6.01. The van der Waals surface area contributed by atoms with Crippen LogP contribution in [0, 0.1) is 0 Å². The second-order valence-electron chi connectivity index (χ2n) is 6.03. The molecule has 0 saturated carbocycles. The molecular weight excluding hydrogens is 304 g/mol. The van der Waals surface area contributed by atoms with Crippen LogP contribution in [0.4, 0.5) is 17.6 Å². The highest BCUT2D eigenvalue weighted by molar-refractivity contribution is 5.45. The van der Waals surface area contributed by atoms with Gasteiger partial charge < -0.3 is 20.0 Å². The van der Waals surface area contributed by atoms with E-state index in [0.29, 0.717) is 5.95 Å². The maximum absolute atomic E-state index is 4.58. The lowest BCUT2D eigenvalue weighted by atomic mass is 10.3. The van der Waals surface area contributed by atoms with Crippen molar-refractivity contribution in [2.45, 2.75) is 0 Å². The molecule has 24 heavy (non-hydrogen) atoms. The van der Waals surface area contributed by atoms with E-state index in [0.717, 1.165) is 50.9 Å². The number of anilines is 3. The quantitative estimate of drug-likeness (QED) is 0.825. The summed E-state index contributed by atoms with van der Waals surface area (Å²) >= 11 is 0. The summed E-state index contributed by atoms with van der Waals surface area (Å²) in [6.07, 6.45) is 3.56. The maximum atomic E-state index is 4.58. The molecule has 0 spiro atoms. The monoisotopic (exact) mass is 328 g/mol. The van der Waals surface area contributed by atoms with Crippen molar-refractivity contribution in [2.75, 3.05) is 68.5 Å². The normalized spacial score (nSPS) is 15.0. The lowest BCUT2D eigenvalue weighted by Crippen LogP contribution is -2.47. The third kappa shape index (κ3) is 4.29. The van der Waals surface area contributed by atoms with Gasteiger partial charge in [-0.2, -0.15) is 10.1 Å². The zero-order chi connectivity index (χ0) is 16.8. The Morgan fingerprint density at radius 2 is 1.83 bits per heavy atom. The SMILES string of the molecule is CN(C)CCNc1nncc(N2CCN(c3ccccn3)CC2)n1. The van der Waals surface area contributed by atoms with Gasteiger partial charge in [0.25, 0.3) is 0 Å². The van der Waals surface area contributed by atoms with Crippen LogP contribution in [0.15, 0.2) is 30.6 Å². The van der Waals surface area contributed by atoms with Crippen LogP contribution in [-0.2, 0) is 0 Å². The minimum atomic E-state index is 0.585. The van der Waals surface area contributed by atoms with E-state index in [1.54, 1.807) is 6.20 Å². The van der Waals surface area contributed by atoms with Crippen LogP contribution >= 0.6 is 0 Å². The molecule has 2 aromatic heterocycles. The first kappa shape index (κ1) is 16.4. The fourth-order valence-corrected chi connectivity index (χ4v) is 2.62. The van der Waals surface area contributed by atoms with Crippen LogP contribution in [-0.4, -0.2) is 78.4 Å². The van der Waals surface area contributed by atoms with Gasteiger partial charge in [-0.25, -0.2) is 4.98 Å². The minimum Gasteiger partial charge on any atom is -0.353 e. The van der Waals surface area contributed by atoms with E-state index < -0.39 is 0 Å². The summed E-state index contributed by atoms with van der Waals surface area (Å²) in [6.45, 7) is 5.36. The molecule has 3 rings (SSSR count). The largest absolute Gasteiger partial charge is 0.353 e. The third-order valence-electron chi connectivity index (χ3n) is 3.97. The van der Waals surface area contributed by atoms with Crippen molar-refractivity contribution in [2.24, 2.45) is 0 Å². The maximum Gasteiger partial charge on any atom is 0.244 e. The molecule has 0 atom stereocenters. The summed E-state index contributed by atoms with van der Waals surface area (Å²) < 4.78 is 0. The molecule has 128 valence electrons. The number of hydrogen-bond donors (Lipinski definition) is 1. The van der Waals surface area contributed by atoms with Crippen molar-refractivity contribution in [3.8, 4) is 0 Å². The van der Waals surface area contributed by atoms with Gasteiger partial charge in [-0.3, -0.25) is 0 Å². The van der Waals surface area contributed by atoms with Gasteiger partial charge in [-0.05, 0) is 26.2 Å². The Morgan fingerprint density at radius 1 is 1.08 bits per heavy atom. The lowest BCUT2D eigenvalue weighted by molar-refractivity contribution is 0.425. The second kappa shape index (κ2) is 7.87. The number of likely N-dealkylation sites (N-methyl/N-ethyl adjacent to an activating group) is 1. The van der Waals surface area contributed by atoms with Gasteiger partial charge in [-0.1, -0.05) is 6.07 Å². The standard InChI is InChI=1S/C16H24N8/c1-22(2)8-7-18-16-20-15(13-19-21-16)24-11-9-23(10-12-24)14-5-3-4-6-17-14/h3-6,13H,7-12H2,1-2H3,(H,18,20,21). The van der Waals surface area contributed by atoms with Gasteiger partial charge in [0.15, 0.2) is 5.82 Å². The fourth-order valence-electron chi connectivity index (χ4n) is 2.62. The Hall–Kier alpha value is -2.48. The smallest absolute Gasteiger partial charge is 0.244 e. The van der Waals surface area contributed by atoms with E-state index in [1.807, 2.05) is 32.4 Å². The predicted octanol–water partition coefficient (Wildman–Crippen LogP) is 0.567. The van der Waals surface area contributed by atoms with Crippen LogP contribution < -0.4 is 15.1 Å². The van der Waals surface area contributed by atoms with Gasteiger partial charge in [0.2, 0.25) is 5.95 Å². The number of aromatic nitrogens is 4. The number of nitrogens with zero attached hydrogens (tertiary/aromatic N) is 7. The molecule has 0 amide bonds. The second-order valence-corrected chi connectivity index (χ2v) is 6.03. The highest BCUT2D eigenvalue weighted by Gasteiger charge is 2.19. The van der Waals surface area contributed by atoms with Crippen molar-refractivity contribution < 1.29 is 0 Å². The summed E-state index contributed by atoms with van der Waals surface area (Å²) in [5, 5.41) is 11.4. The van der Waals surface area contributed by atoms with Gasteiger partial charge in [0.1, 0.15) is 5.82 Å². The van der Waals surface area contributed by atoms with E-state index in [9.17, 15) is 0 Å². The van der Waals surface area contributed by atoms with Crippen molar-refractivity contribution in [1.29, 1.82) is 0 Å². The molecule has 8 nitrogen and oxygen atoms in total. The minimum absolute atomic E-state index is 0.585. The molecule has 8 heteroatoms. The van der Waals surface area contributed by atoms with Crippen molar-refractivity contribution in [3.63, 3.8) is 0 Å². The van der Waals surface area contributed by atoms with E-state index in [4.69, 9.17) is 0 Å². The van der Waals surface area contributed by atoms with Crippen molar-refractivity contribution in [1.82, 2.24) is 25.1 Å². The third-order valence-corrected chi connectivity index (χ3v) is 3.97. The zero-order valence-corrected chi connectivity index (χ0v) is 14.3. The van der Waals surface area contributed by atoms with E-state index in [1.165, 1.54) is 0 Å². The first-order chi connectivity index (χ1) is 11.7. The van der Waals surface area contributed by atoms with Crippen LogP contribution in [0.3, 0.4) is 0 Å².